The minimum Gasteiger partial charge on any atom is -0.374 e. The second kappa shape index (κ2) is 8.02. The van der Waals surface area contributed by atoms with Gasteiger partial charge in [-0.1, -0.05) is 17.7 Å². The van der Waals surface area contributed by atoms with E-state index in [0.29, 0.717) is 5.92 Å². The summed E-state index contributed by atoms with van der Waals surface area (Å²) in [7, 11) is 3.77. The molecule has 0 fully saturated rings. The molecule has 0 aliphatic carbocycles. The van der Waals surface area contributed by atoms with Crippen LogP contribution in [0.15, 0.2) is 18.9 Å². The van der Waals surface area contributed by atoms with Gasteiger partial charge >= 0.3 is 0 Å². The number of allylic oxidation sites excluding steroid dienone is 1. The van der Waals surface area contributed by atoms with Crippen molar-refractivity contribution in [3.8, 4) is 0 Å². The monoisotopic (exact) mass is 282 g/mol. The highest BCUT2D eigenvalue weighted by Gasteiger charge is 2.20. The summed E-state index contributed by atoms with van der Waals surface area (Å²) in [4.78, 5) is 3.16. The van der Waals surface area contributed by atoms with E-state index in [1.54, 1.807) is 0 Å². The highest BCUT2D eigenvalue weighted by atomic mass is 35.5. The lowest BCUT2D eigenvalue weighted by Gasteiger charge is -2.17. The first-order valence-electron chi connectivity index (χ1n) is 6.54. The van der Waals surface area contributed by atoms with Crippen LogP contribution in [0.25, 0.3) is 0 Å². The van der Waals surface area contributed by atoms with Crippen molar-refractivity contribution in [2.45, 2.75) is 25.2 Å². The standard InChI is InChI=1S/C14H23ClN4/c1-4-5-6-10(7-8-17-2)11-9-19-14(18-3)12(11)13(15)16/h4,9-10,16-19H,1,5-8H2,2-3H3. The number of hydrogen-bond acceptors (Lipinski definition) is 3. The van der Waals surface area contributed by atoms with Gasteiger partial charge < -0.3 is 15.6 Å². The summed E-state index contributed by atoms with van der Waals surface area (Å²) in [6, 6.07) is 0. The van der Waals surface area contributed by atoms with Crippen LogP contribution in [0.1, 0.15) is 36.3 Å². The summed E-state index contributed by atoms with van der Waals surface area (Å²) >= 11 is 5.93. The van der Waals surface area contributed by atoms with E-state index in [0.717, 1.165) is 42.8 Å². The van der Waals surface area contributed by atoms with Crippen LogP contribution in [0.2, 0.25) is 0 Å². The van der Waals surface area contributed by atoms with Gasteiger partial charge in [-0.2, -0.15) is 0 Å². The van der Waals surface area contributed by atoms with Gasteiger partial charge in [0.1, 0.15) is 11.0 Å². The molecule has 0 bridgehead atoms. The summed E-state index contributed by atoms with van der Waals surface area (Å²) in [5.41, 5.74) is 1.90. The average Bonchev–Trinajstić information content (AvgIpc) is 2.83. The minimum absolute atomic E-state index is 0.0775. The van der Waals surface area contributed by atoms with Crippen molar-refractivity contribution in [2.24, 2.45) is 0 Å². The first-order valence-corrected chi connectivity index (χ1v) is 6.92. The van der Waals surface area contributed by atoms with Gasteiger partial charge in [0.15, 0.2) is 0 Å². The van der Waals surface area contributed by atoms with E-state index in [2.05, 4.69) is 22.2 Å². The minimum atomic E-state index is 0.0775. The number of hydrogen-bond donors (Lipinski definition) is 4. The summed E-state index contributed by atoms with van der Waals surface area (Å²) < 4.78 is 0. The number of H-pyrrole nitrogens is 1. The van der Waals surface area contributed by atoms with Crippen LogP contribution in [-0.4, -0.2) is 30.8 Å². The van der Waals surface area contributed by atoms with Gasteiger partial charge in [0, 0.05) is 13.2 Å². The molecule has 0 saturated heterocycles. The Morgan fingerprint density at radius 3 is 2.79 bits per heavy atom. The molecule has 0 spiro atoms. The number of aromatic amines is 1. The van der Waals surface area contributed by atoms with Crippen LogP contribution >= 0.6 is 11.6 Å². The lowest BCUT2D eigenvalue weighted by atomic mass is 9.90. The summed E-state index contributed by atoms with van der Waals surface area (Å²) in [5, 5.41) is 14.1. The molecule has 1 aromatic rings. The third-order valence-electron chi connectivity index (χ3n) is 3.28. The molecule has 5 heteroatoms. The Kier molecular flexibility index (Phi) is 6.67. The van der Waals surface area contributed by atoms with Crippen molar-refractivity contribution in [3.63, 3.8) is 0 Å². The molecule has 0 aliphatic heterocycles. The third kappa shape index (κ3) is 4.11. The predicted octanol–water partition coefficient (Wildman–Crippen LogP) is 3.28. The molecule has 1 aromatic heterocycles. The maximum absolute atomic E-state index is 7.75. The lowest BCUT2D eigenvalue weighted by molar-refractivity contribution is 0.563. The lowest BCUT2D eigenvalue weighted by Crippen LogP contribution is -2.13. The Hall–Kier alpha value is -1.26. The second-order valence-electron chi connectivity index (χ2n) is 4.51. The van der Waals surface area contributed by atoms with Gasteiger partial charge in [-0.25, -0.2) is 0 Å². The fourth-order valence-corrected chi connectivity index (χ4v) is 2.49. The summed E-state index contributed by atoms with van der Waals surface area (Å²) in [5.74, 6) is 1.18. The quantitative estimate of drug-likeness (QED) is 0.415. The Morgan fingerprint density at radius 2 is 2.26 bits per heavy atom. The molecule has 0 aliphatic rings. The predicted molar refractivity (Wildman–Crippen MR) is 83.7 cm³/mol. The highest BCUT2D eigenvalue weighted by molar-refractivity contribution is 6.69. The first-order chi connectivity index (χ1) is 9.15. The van der Waals surface area contributed by atoms with Crippen LogP contribution < -0.4 is 10.6 Å². The molecule has 1 rings (SSSR count). The van der Waals surface area contributed by atoms with E-state index in [-0.39, 0.29) is 5.17 Å². The zero-order chi connectivity index (χ0) is 14.3. The summed E-state index contributed by atoms with van der Waals surface area (Å²) in [6.07, 6.45) is 6.89. The third-order valence-corrected chi connectivity index (χ3v) is 3.47. The first kappa shape index (κ1) is 15.8. The Morgan fingerprint density at radius 1 is 1.53 bits per heavy atom. The SMILES string of the molecule is C=CCCC(CCNC)c1c[nH]c(NC)c1C(=N)Cl. The van der Waals surface area contributed by atoms with Gasteiger partial charge in [0.25, 0.3) is 0 Å². The van der Waals surface area contributed by atoms with Gasteiger partial charge in [-0.15, -0.1) is 6.58 Å². The molecule has 1 heterocycles. The molecule has 0 saturated carbocycles. The zero-order valence-corrected chi connectivity index (χ0v) is 12.4. The number of rotatable bonds is 9. The van der Waals surface area contributed by atoms with E-state index >= 15 is 0 Å². The maximum atomic E-state index is 7.75. The van der Waals surface area contributed by atoms with E-state index in [1.165, 1.54) is 0 Å². The van der Waals surface area contributed by atoms with Crippen molar-refractivity contribution in [3.05, 3.63) is 30.0 Å². The molecule has 0 aromatic carbocycles. The van der Waals surface area contributed by atoms with Crippen LogP contribution in [0.4, 0.5) is 5.82 Å². The second-order valence-corrected chi connectivity index (χ2v) is 4.89. The van der Waals surface area contributed by atoms with Crippen molar-refractivity contribution < 1.29 is 0 Å². The molecule has 19 heavy (non-hydrogen) atoms. The van der Waals surface area contributed by atoms with Gasteiger partial charge in [-0.3, -0.25) is 5.41 Å². The van der Waals surface area contributed by atoms with Crippen LogP contribution in [0, 0.1) is 5.41 Å². The van der Waals surface area contributed by atoms with E-state index in [4.69, 9.17) is 17.0 Å². The molecule has 106 valence electrons. The van der Waals surface area contributed by atoms with E-state index < -0.39 is 0 Å². The Labute approximate surface area is 120 Å². The molecule has 1 atom stereocenters. The summed E-state index contributed by atoms with van der Waals surface area (Å²) in [6.45, 7) is 4.72. The number of anilines is 1. The van der Waals surface area contributed by atoms with Crippen molar-refractivity contribution in [1.29, 1.82) is 5.41 Å². The molecule has 4 N–H and O–H groups in total. The fraction of sp³-hybridized carbons (Fsp3) is 0.500. The van der Waals surface area contributed by atoms with Crippen LogP contribution in [0.3, 0.4) is 0 Å². The highest BCUT2D eigenvalue weighted by Crippen LogP contribution is 2.32. The Balaban J connectivity index is 3.02. The van der Waals surface area contributed by atoms with Crippen LogP contribution in [0.5, 0.6) is 0 Å². The molecule has 0 amide bonds. The van der Waals surface area contributed by atoms with Crippen molar-refractivity contribution in [2.75, 3.05) is 26.0 Å². The number of aromatic nitrogens is 1. The molecule has 4 nitrogen and oxygen atoms in total. The molecular formula is C14H23ClN4. The zero-order valence-electron chi connectivity index (χ0n) is 11.6. The number of nitrogens with one attached hydrogen (secondary N) is 4. The largest absolute Gasteiger partial charge is 0.374 e. The Bertz CT molecular complexity index is 425. The topological polar surface area (TPSA) is 63.7 Å². The maximum Gasteiger partial charge on any atom is 0.132 e. The van der Waals surface area contributed by atoms with Crippen LogP contribution in [-0.2, 0) is 0 Å². The van der Waals surface area contributed by atoms with E-state index in [9.17, 15) is 0 Å². The average molecular weight is 283 g/mol. The normalized spacial score (nSPS) is 12.2. The van der Waals surface area contributed by atoms with Gasteiger partial charge in [0.2, 0.25) is 0 Å². The fourth-order valence-electron chi connectivity index (χ4n) is 2.29. The smallest absolute Gasteiger partial charge is 0.132 e. The molecular weight excluding hydrogens is 260 g/mol. The van der Waals surface area contributed by atoms with Crippen molar-refractivity contribution >= 4 is 22.6 Å². The van der Waals surface area contributed by atoms with Crippen molar-refractivity contribution in [1.82, 2.24) is 10.3 Å². The molecule has 1 unspecified atom stereocenters. The van der Waals surface area contributed by atoms with Gasteiger partial charge in [-0.05, 0) is 44.3 Å². The molecule has 0 radical (unpaired) electrons. The number of halogens is 1. The van der Waals surface area contributed by atoms with E-state index in [1.807, 2.05) is 26.4 Å². The van der Waals surface area contributed by atoms with Gasteiger partial charge in [0.05, 0.1) is 5.56 Å².